The molecule has 0 aliphatic heterocycles. The van der Waals surface area contributed by atoms with Gasteiger partial charge in [0.2, 0.25) is 0 Å². The highest BCUT2D eigenvalue weighted by atomic mass is 16.5. The van der Waals surface area contributed by atoms with E-state index in [2.05, 4.69) is 0 Å². The molecule has 0 amide bonds. The van der Waals surface area contributed by atoms with Crippen molar-refractivity contribution in [3.63, 3.8) is 0 Å². The van der Waals surface area contributed by atoms with Crippen molar-refractivity contribution in [3.8, 4) is 5.75 Å². The normalized spacial score (nSPS) is 12.0. The van der Waals surface area contributed by atoms with Crippen LogP contribution in [0.25, 0.3) is 0 Å². The van der Waals surface area contributed by atoms with Crippen LogP contribution in [0, 0.1) is 0 Å². The molecule has 0 spiro atoms. The average Bonchev–Trinajstić information content (AvgIpc) is 2.76. The van der Waals surface area contributed by atoms with Gasteiger partial charge in [0.25, 0.3) is 0 Å². The first-order valence-corrected chi connectivity index (χ1v) is 11.3. The minimum Gasteiger partial charge on any atom is -0.549 e. The smallest absolute Gasteiger partial charge is 0.119 e. The molecule has 1 unspecified atom stereocenters. The van der Waals surface area contributed by atoms with Crippen LogP contribution in [0.3, 0.4) is 0 Å². The van der Waals surface area contributed by atoms with Gasteiger partial charge in [0.1, 0.15) is 5.75 Å². The summed E-state index contributed by atoms with van der Waals surface area (Å²) in [5.41, 5.74) is 0.652. The van der Waals surface area contributed by atoms with Gasteiger partial charge in [0.15, 0.2) is 0 Å². The van der Waals surface area contributed by atoms with Crippen LogP contribution in [0.15, 0.2) is 24.3 Å². The van der Waals surface area contributed by atoms with Crippen molar-refractivity contribution in [2.24, 2.45) is 0 Å². The maximum absolute atomic E-state index is 11.4. The fraction of sp³-hybridized carbons (Fsp3) is 0.522. The SMILES string of the molecule is CCOc1ccc(CC(CN(CCN(CC(=O)[O-])CC(=O)[O-])CC(=O)[O-])N(CC(=O)[O-])CC(=O)[O-])cc1. The summed E-state index contributed by atoms with van der Waals surface area (Å²) >= 11 is 0. The van der Waals surface area contributed by atoms with E-state index in [0.29, 0.717) is 17.9 Å². The zero-order chi connectivity index (χ0) is 28.0. The number of carbonyl (C=O) groups excluding carboxylic acids is 5. The number of hydrogen-bond donors (Lipinski definition) is 0. The maximum atomic E-state index is 11.4. The van der Waals surface area contributed by atoms with Crippen LogP contribution >= 0.6 is 0 Å². The molecule has 0 aromatic heterocycles. The Balaban J connectivity index is 3.21. The van der Waals surface area contributed by atoms with Crippen molar-refractivity contribution in [2.45, 2.75) is 19.4 Å². The molecule has 0 aliphatic rings. The van der Waals surface area contributed by atoms with Crippen LogP contribution in [-0.4, -0.2) is 110 Å². The van der Waals surface area contributed by atoms with Crippen molar-refractivity contribution in [1.82, 2.24) is 14.7 Å². The number of hydrogen-bond acceptors (Lipinski definition) is 14. The fourth-order valence-corrected chi connectivity index (χ4v) is 3.69. The van der Waals surface area contributed by atoms with Gasteiger partial charge in [-0.1, -0.05) is 12.1 Å². The zero-order valence-electron chi connectivity index (χ0n) is 20.3. The van der Waals surface area contributed by atoms with E-state index in [4.69, 9.17) is 4.74 Å². The summed E-state index contributed by atoms with van der Waals surface area (Å²) in [6, 6.07) is 5.80. The van der Waals surface area contributed by atoms with E-state index in [9.17, 15) is 49.5 Å². The minimum absolute atomic E-state index is 0.0817. The van der Waals surface area contributed by atoms with Crippen LogP contribution < -0.4 is 30.3 Å². The maximum Gasteiger partial charge on any atom is 0.119 e. The van der Waals surface area contributed by atoms with Gasteiger partial charge in [-0.15, -0.1) is 0 Å². The Bertz CT molecular complexity index is 891. The predicted octanol–water partition coefficient (Wildman–Crippen LogP) is -7.35. The highest BCUT2D eigenvalue weighted by Crippen LogP contribution is 2.16. The van der Waals surface area contributed by atoms with Crippen molar-refractivity contribution < 1.29 is 54.2 Å². The first-order valence-electron chi connectivity index (χ1n) is 11.3. The molecule has 1 aromatic carbocycles. The molecule has 37 heavy (non-hydrogen) atoms. The third-order valence-electron chi connectivity index (χ3n) is 5.15. The molecule has 0 saturated heterocycles. The van der Waals surface area contributed by atoms with Crippen molar-refractivity contribution in [2.75, 3.05) is 59.0 Å². The Kier molecular flexibility index (Phi) is 13.6. The number of benzene rings is 1. The third-order valence-corrected chi connectivity index (χ3v) is 5.15. The van der Waals surface area contributed by atoms with Crippen LogP contribution in [0.1, 0.15) is 12.5 Å². The summed E-state index contributed by atoms with van der Waals surface area (Å²) in [6.45, 7) is -2.18. The standard InChI is InChI=1S/C23H33N3O11/c1-2-37-18-5-3-16(4-6-18)9-17(26(14-22(33)34)15-23(35)36)10-24(11-19(27)28)7-8-25(12-20(29)30)13-21(31)32/h3-6,17H,2,7-15H2,1H3,(H,27,28)(H,29,30)(H,31,32)(H,33,34)(H,35,36)/p-5. The minimum atomic E-state index is -1.57. The number of carboxylic acids is 5. The number of aliphatic carboxylic acids is 5. The highest BCUT2D eigenvalue weighted by molar-refractivity contribution is 5.71. The summed E-state index contributed by atoms with van der Waals surface area (Å²) in [5.74, 6) is -7.21. The molecule has 0 heterocycles. The molecule has 1 aromatic rings. The van der Waals surface area contributed by atoms with E-state index in [1.807, 2.05) is 0 Å². The van der Waals surface area contributed by atoms with Gasteiger partial charge in [-0.05, 0) is 31.0 Å². The van der Waals surface area contributed by atoms with Crippen molar-refractivity contribution >= 4 is 29.8 Å². The van der Waals surface area contributed by atoms with Gasteiger partial charge in [-0.25, -0.2) is 0 Å². The second-order valence-electron chi connectivity index (χ2n) is 8.15. The predicted molar refractivity (Wildman–Crippen MR) is 115 cm³/mol. The molecule has 14 nitrogen and oxygen atoms in total. The van der Waals surface area contributed by atoms with Gasteiger partial charge in [-0.3, -0.25) is 14.7 Å². The first kappa shape index (κ1) is 31.3. The van der Waals surface area contributed by atoms with Gasteiger partial charge >= 0.3 is 0 Å². The van der Waals surface area contributed by atoms with E-state index in [1.54, 1.807) is 31.2 Å². The Morgan fingerprint density at radius 2 is 1.14 bits per heavy atom. The second-order valence-corrected chi connectivity index (χ2v) is 8.15. The molecule has 0 bridgehead atoms. The summed E-state index contributed by atoms with van der Waals surface area (Å²) in [7, 11) is 0. The highest BCUT2D eigenvalue weighted by Gasteiger charge is 2.23. The molecule has 0 saturated carbocycles. The zero-order valence-corrected chi connectivity index (χ0v) is 20.3. The Labute approximate surface area is 213 Å². The molecular weight excluding hydrogens is 494 g/mol. The summed E-state index contributed by atoms with van der Waals surface area (Å²) in [4.78, 5) is 59.1. The van der Waals surface area contributed by atoms with E-state index in [-0.39, 0.29) is 26.1 Å². The van der Waals surface area contributed by atoms with Gasteiger partial charge in [0, 0.05) is 58.4 Å². The topological polar surface area (TPSA) is 220 Å². The number of carbonyl (C=O) groups is 5. The molecule has 206 valence electrons. The Morgan fingerprint density at radius 3 is 1.57 bits per heavy atom. The molecule has 0 radical (unpaired) electrons. The Morgan fingerprint density at radius 1 is 0.703 bits per heavy atom. The van der Waals surface area contributed by atoms with Crippen LogP contribution in [-0.2, 0) is 30.4 Å². The van der Waals surface area contributed by atoms with Gasteiger partial charge < -0.3 is 54.2 Å². The van der Waals surface area contributed by atoms with Crippen molar-refractivity contribution in [1.29, 1.82) is 0 Å². The molecule has 0 N–H and O–H groups in total. The number of ether oxygens (including phenoxy) is 1. The lowest BCUT2D eigenvalue weighted by molar-refractivity contribution is -0.313. The van der Waals surface area contributed by atoms with Crippen LogP contribution in [0.2, 0.25) is 0 Å². The summed E-state index contributed by atoms with van der Waals surface area (Å²) in [6.07, 6.45) is 0.0817. The largest absolute Gasteiger partial charge is 0.549 e. The lowest BCUT2D eigenvalue weighted by Crippen LogP contribution is -2.55. The number of nitrogens with zero attached hydrogens (tertiary/aromatic N) is 3. The van der Waals surface area contributed by atoms with Crippen LogP contribution in [0.5, 0.6) is 5.75 Å². The number of rotatable bonds is 20. The molecule has 1 rings (SSSR count). The molecule has 14 heteroatoms. The second kappa shape index (κ2) is 16.1. The van der Waals surface area contributed by atoms with E-state index >= 15 is 0 Å². The van der Waals surface area contributed by atoms with Gasteiger partial charge in [0.05, 0.1) is 36.5 Å². The molecule has 1 atom stereocenters. The summed E-state index contributed by atoms with van der Waals surface area (Å²) < 4.78 is 5.38. The quantitative estimate of drug-likeness (QED) is 0.155. The first-order chi connectivity index (χ1) is 17.4. The number of carboxylic acid groups (broad SMARTS) is 5. The van der Waals surface area contributed by atoms with E-state index < -0.39 is 68.6 Å². The molecular formula is C23H28N3O11-5. The van der Waals surface area contributed by atoms with E-state index in [0.717, 1.165) is 9.80 Å². The monoisotopic (exact) mass is 522 g/mol. The lowest BCUT2D eigenvalue weighted by atomic mass is 10.0. The van der Waals surface area contributed by atoms with Gasteiger partial charge in [-0.2, -0.15) is 0 Å². The molecule has 0 aliphatic carbocycles. The summed E-state index contributed by atoms with van der Waals surface area (Å²) in [5, 5.41) is 55.9. The Hall–Kier alpha value is -3.75. The lowest BCUT2D eigenvalue weighted by Gasteiger charge is -2.37. The fourth-order valence-electron chi connectivity index (χ4n) is 3.69. The molecule has 0 fully saturated rings. The van der Waals surface area contributed by atoms with Crippen LogP contribution in [0.4, 0.5) is 0 Å². The average molecular weight is 522 g/mol. The van der Waals surface area contributed by atoms with E-state index in [1.165, 1.54) is 4.90 Å². The van der Waals surface area contributed by atoms with Crippen molar-refractivity contribution in [3.05, 3.63) is 29.8 Å². The third kappa shape index (κ3) is 13.8.